The van der Waals surface area contributed by atoms with Crippen LogP contribution in [0.1, 0.15) is 25.0 Å². The molecular formula is C24H24BN8O2. The van der Waals surface area contributed by atoms with Gasteiger partial charge in [0.1, 0.15) is 12.3 Å². The van der Waals surface area contributed by atoms with Gasteiger partial charge in [0.15, 0.2) is 0 Å². The second-order valence-corrected chi connectivity index (χ2v) is 9.09. The molecule has 3 aromatic rings. The molecule has 0 atom stereocenters. The second-order valence-electron chi connectivity index (χ2n) is 9.09. The van der Waals surface area contributed by atoms with Crippen molar-refractivity contribution in [1.29, 1.82) is 5.26 Å². The van der Waals surface area contributed by atoms with E-state index in [0.717, 1.165) is 36.1 Å². The Bertz CT molecular complexity index is 1290. The Hall–Kier alpha value is -4.04. The van der Waals surface area contributed by atoms with Gasteiger partial charge in [-0.1, -0.05) is 13.8 Å². The Morgan fingerprint density at radius 3 is 2.69 bits per heavy atom. The molecule has 2 aromatic heterocycles. The molecule has 10 nitrogen and oxygen atoms in total. The van der Waals surface area contributed by atoms with Crippen molar-refractivity contribution in [3.05, 3.63) is 47.9 Å². The van der Waals surface area contributed by atoms with Gasteiger partial charge in [-0.3, -0.25) is 0 Å². The Labute approximate surface area is 204 Å². The van der Waals surface area contributed by atoms with E-state index in [1.54, 1.807) is 24.7 Å². The molecule has 5 rings (SSSR count). The minimum absolute atomic E-state index is 0.232. The maximum atomic E-state index is 11.1. The van der Waals surface area contributed by atoms with Crippen LogP contribution in [0.25, 0.3) is 11.3 Å². The van der Waals surface area contributed by atoms with E-state index >= 15 is 0 Å². The fraction of sp³-hybridized carbons (Fsp3) is 0.333. The lowest BCUT2D eigenvalue weighted by molar-refractivity contribution is 0.122. The third kappa shape index (κ3) is 4.52. The molecule has 1 fully saturated rings. The van der Waals surface area contributed by atoms with Crippen LogP contribution in [-0.4, -0.2) is 66.4 Å². The number of anilines is 4. The first-order chi connectivity index (χ1) is 17.0. The average molecular weight is 467 g/mol. The summed E-state index contributed by atoms with van der Waals surface area (Å²) < 4.78 is 5.38. The number of nitrogens with one attached hydrogen (secondary N) is 1. The summed E-state index contributed by atoms with van der Waals surface area (Å²) in [7, 11) is 1.48. The summed E-state index contributed by atoms with van der Waals surface area (Å²) in [5.74, 6) is 1.07. The molecule has 0 spiro atoms. The van der Waals surface area contributed by atoms with Gasteiger partial charge in [0, 0.05) is 42.5 Å². The van der Waals surface area contributed by atoms with Gasteiger partial charge in [-0.15, -0.1) is 0 Å². The number of hydrogen-bond acceptors (Lipinski definition) is 10. The topological polar surface area (TPSA) is 120 Å². The molecule has 0 amide bonds. The first-order valence-corrected chi connectivity index (χ1v) is 11.4. The Morgan fingerprint density at radius 1 is 1.20 bits per heavy atom. The number of aromatic nitrogens is 4. The maximum Gasteiger partial charge on any atom is 0.329 e. The number of rotatable bonds is 6. The number of hydrogen-bond donors (Lipinski definition) is 1. The minimum atomic E-state index is -0.232. The molecule has 0 saturated carbocycles. The van der Waals surface area contributed by atoms with Gasteiger partial charge in [0.25, 0.3) is 0 Å². The van der Waals surface area contributed by atoms with Crippen LogP contribution >= 0.6 is 0 Å². The first kappa shape index (κ1) is 22.7. The number of benzene rings is 1. The van der Waals surface area contributed by atoms with Crippen LogP contribution in [0.15, 0.2) is 36.8 Å². The normalized spacial score (nSPS) is 16.4. The van der Waals surface area contributed by atoms with Crippen molar-refractivity contribution in [3.8, 4) is 17.3 Å². The van der Waals surface area contributed by atoms with Gasteiger partial charge >= 0.3 is 7.41 Å². The van der Waals surface area contributed by atoms with Crippen LogP contribution in [0.3, 0.4) is 0 Å². The van der Waals surface area contributed by atoms with E-state index in [2.05, 4.69) is 50.1 Å². The zero-order valence-electron chi connectivity index (χ0n) is 19.6. The van der Waals surface area contributed by atoms with Crippen LogP contribution < -0.4 is 15.0 Å². The number of fused-ring (bicyclic) bond motifs is 1. The number of nitrogens with zero attached hydrogens (tertiary/aromatic N) is 7. The molecule has 0 bridgehead atoms. The molecule has 4 heterocycles. The average Bonchev–Trinajstić information content (AvgIpc) is 3.14. The Morgan fingerprint density at radius 2 is 1.97 bits per heavy atom. The number of carbonyl (C=O) groups excluding carboxylic acids is 1. The largest absolute Gasteiger partial charge is 0.410 e. The van der Waals surface area contributed by atoms with Crippen LogP contribution in [0.4, 0.5) is 23.3 Å². The van der Waals surface area contributed by atoms with E-state index in [1.165, 1.54) is 7.41 Å². The molecule has 0 unspecified atom stereocenters. The lowest BCUT2D eigenvalue weighted by Crippen LogP contribution is -2.37. The van der Waals surface area contributed by atoms with Crippen LogP contribution in [0, 0.1) is 11.3 Å². The number of morpholine rings is 1. The van der Waals surface area contributed by atoms with Gasteiger partial charge in [-0.2, -0.15) is 5.26 Å². The fourth-order valence-corrected chi connectivity index (χ4v) is 4.50. The summed E-state index contributed by atoms with van der Waals surface area (Å²) in [4.78, 5) is 33.0. The van der Waals surface area contributed by atoms with Gasteiger partial charge in [0.2, 0.25) is 11.9 Å². The lowest BCUT2D eigenvalue weighted by Gasteiger charge is -2.26. The summed E-state index contributed by atoms with van der Waals surface area (Å²) in [6.45, 7) is 7.70. The van der Waals surface area contributed by atoms with E-state index in [0.29, 0.717) is 48.6 Å². The minimum Gasteiger partial charge on any atom is -0.410 e. The smallest absolute Gasteiger partial charge is 0.329 e. The van der Waals surface area contributed by atoms with Gasteiger partial charge < -0.3 is 24.6 Å². The van der Waals surface area contributed by atoms with E-state index < -0.39 is 0 Å². The molecule has 0 aliphatic carbocycles. The van der Waals surface area contributed by atoms with Crippen molar-refractivity contribution in [3.63, 3.8) is 0 Å². The van der Waals surface area contributed by atoms with Gasteiger partial charge in [-0.05, 0) is 23.8 Å². The van der Waals surface area contributed by atoms with E-state index in [1.807, 2.05) is 16.9 Å². The highest BCUT2D eigenvalue weighted by molar-refractivity contribution is 6.70. The summed E-state index contributed by atoms with van der Waals surface area (Å²) >= 11 is 0. The predicted octanol–water partition coefficient (Wildman–Crippen LogP) is 2.29. The van der Waals surface area contributed by atoms with Crippen LogP contribution in [0.2, 0.25) is 0 Å². The van der Waals surface area contributed by atoms with Crippen molar-refractivity contribution in [2.24, 2.45) is 0 Å². The molecule has 1 aromatic carbocycles. The molecule has 2 aliphatic heterocycles. The van der Waals surface area contributed by atoms with Gasteiger partial charge in [-0.25, -0.2) is 19.9 Å². The summed E-state index contributed by atoms with van der Waals surface area (Å²) in [5, 5.41) is 13.0. The van der Waals surface area contributed by atoms with Gasteiger partial charge in [0.05, 0.1) is 42.6 Å². The third-order valence-corrected chi connectivity index (χ3v) is 6.19. The third-order valence-electron chi connectivity index (χ3n) is 6.19. The molecule has 175 valence electrons. The van der Waals surface area contributed by atoms with Crippen molar-refractivity contribution >= 4 is 36.9 Å². The number of ether oxygens (including phenoxy) is 1. The molecule has 35 heavy (non-hydrogen) atoms. The molecule has 1 saturated heterocycles. The standard InChI is InChI=1S/C24H24BN8O2/c1-24(2)14-33(25-15-34)21-17(11-26)9-16(10-19(21)24)20-3-4-27-22(31-20)30-18-12-28-23(29-13-18)32-5-7-35-8-6-32/h3-4,9-10,12-13,15H,5-8,14H2,1-2H3,(H,27,30,31). The summed E-state index contributed by atoms with van der Waals surface area (Å²) in [6.07, 6.45) is 5.83. The zero-order valence-corrected chi connectivity index (χ0v) is 19.6. The maximum absolute atomic E-state index is 11.1. The molecule has 11 heteroatoms. The van der Waals surface area contributed by atoms with Crippen molar-refractivity contribution in [2.45, 2.75) is 19.3 Å². The van der Waals surface area contributed by atoms with E-state index in [4.69, 9.17) is 4.74 Å². The predicted molar refractivity (Wildman–Crippen MR) is 133 cm³/mol. The zero-order chi connectivity index (χ0) is 24.4. The highest BCUT2D eigenvalue weighted by Crippen LogP contribution is 2.44. The van der Waals surface area contributed by atoms with Crippen molar-refractivity contribution in [1.82, 2.24) is 19.9 Å². The molecule has 1 radical (unpaired) electrons. The van der Waals surface area contributed by atoms with E-state index in [-0.39, 0.29) is 5.41 Å². The molecular weight excluding hydrogens is 443 g/mol. The highest BCUT2D eigenvalue weighted by atomic mass is 16.5. The lowest BCUT2D eigenvalue weighted by atomic mass is 9.84. The van der Waals surface area contributed by atoms with Crippen LogP contribution in [0.5, 0.6) is 0 Å². The summed E-state index contributed by atoms with van der Waals surface area (Å²) in [6, 6.07) is 7.94. The van der Waals surface area contributed by atoms with Crippen LogP contribution in [-0.2, 0) is 14.9 Å². The second kappa shape index (κ2) is 9.31. The fourth-order valence-electron chi connectivity index (χ4n) is 4.50. The monoisotopic (exact) mass is 467 g/mol. The van der Waals surface area contributed by atoms with Crippen molar-refractivity contribution < 1.29 is 9.53 Å². The molecule has 1 N–H and O–H groups in total. The Kier molecular flexibility index (Phi) is 6.05. The first-order valence-electron chi connectivity index (χ1n) is 11.4. The van der Waals surface area contributed by atoms with E-state index in [9.17, 15) is 10.1 Å². The van der Waals surface area contributed by atoms with Crippen molar-refractivity contribution in [2.75, 3.05) is 47.9 Å². The number of nitriles is 1. The summed E-state index contributed by atoms with van der Waals surface area (Å²) in [5.41, 5.74) is 4.22. The quantitative estimate of drug-likeness (QED) is 0.427. The highest BCUT2D eigenvalue weighted by Gasteiger charge is 2.37. The molecule has 2 aliphatic rings. The SMILES string of the molecule is CC1(C)CN([B]C=O)c2c(C#N)cc(-c3ccnc(Nc4cnc(N5CCOCC5)nc4)n3)cc21. The Balaban J connectivity index is 1.41. The number of carbonyl (C=O) groups is 1.